The molecule has 0 bridgehead atoms. The molecule has 0 radical (unpaired) electrons. The van der Waals surface area contributed by atoms with Crippen molar-refractivity contribution in [1.82, 2.24) is 20.2 Å². The summed E-state index contributed by atoms with van der Waals surface area (Å²) in [5.41, 5.74) is 0.195. The van der Waals surface area contributed by atoms with Gasteiger partial charge in [0.25, 0.3) is 0 Å². The molecule has 1 atom stereocenters. The highest BCUT2D eigenvalue weighted by Crippen LogP contribution is 2.33. The van der Waals surface area contributed by atoms with Crippen molar-refractivity contribution < 1.29 is 18.3 Å². The summed E-state index contributed by atoms with van der Waals surface area (Å²) >= 11 is 1.24. The Bertz CT molecular complexity index is 752. The van der Waals surface area contributed by atoms with Gasteiger partial charge in [0, 0.05) is 0 Å². The van der Waals surface area contributed by atoms with E-state index in [0.717, 1.165) is 25.7 Å². The number of hydrogen-bond donors (Lipinski definition) is 1. The summed E-state index contributed by atoms with van der Waals surface area (Å²) in [5.74, 6) is -0.426. The molecule has 1 aromatic carbocycles. The molecular weight excluding hydrogens is 364 g/mol. The molecule has 7 nitrogen and oxygen atoms in total. The van der Waals surface area contributed by atoms with E-state index in [1.54, 1.807) is 23.7 Å². The molecule has 1 heterocycles. The Hall–Kier alpha value is -2.23. The zero-order valence-corrected chi connectivity index (χ0v) is 15.0. The van der Waals surface area contributed by atoms with Crippen LogP contribution in [-0.2, 0) is 4.79 Å². The minimum atomic E-state index is -2.96. The number of amides is 1. The van der Waals surface area contributed by atoms with Crippen molar-refractivity contribution in [2.75, 3.05) is 5.32 Å². The first-order valence-corrected chi connectivity index (χ1v) is 9.22. The van der Waals surface area contributed by atoms with Gasteiger partial charge in [0.15, 0.2) is 0 Å². The van der Waals surface area contributed by atoms with Crippen molar-refractivity contribution in [2.24, 2.45) is 0 Å². The second kappa shape index (κ2) is 8.43. The Morgan fingerprint density at radius 1 is 1.35 bits per heavy atom. The van der Waals surface area contributed by atoms with Gasteiger partial charge in [-0.15, -0.1) is 5.10 Å². The zero-order valence-electron chi connectivity index (χ0n) is 14.1. The molecule has 1 aliphatic rings. The van der Waals surface area contributed by atoms with E-state index in [9.17, 15) is 13.6 Å². The maximum Gasteiger partial charge on any atom is 0.387 e. The molecule has 1 N–H and O–H groups in total. The van der Waals surface area contributed by atoms with Crippen molar-refractivity contribution >= 4 is 23.4 Å². The second-order valence-corrected chi connectivity index (χ2v) is 7.28. The predicted molar refractivity (Wildman–Crippen MR) is 92.3 cm³/mol. The van der Waals surface area contributed by atoms with E-state index in [0.29, 0.717) is 5.16 Å². The molecule has 3 rings (SSSR count). The lowest BCUT2D eigenvalue weighted by molar-refractivity contribution is -0.115. The molecule has 0 spiro atoms. The molecule has 1 saturated carbocycles. The Balaban J connectivity index is 1.65. The number of nitrogens with one attached hydrogen (secondary N) is 1. The van der Waals surface area contributed by atoms with Gasteiger partial charge in [-0.25, -0.2) is 4.68 Å². The second-order valence-electron chi connectivity index (χ2n) is 5.97. The molecule has 2 aromatic rings. The number of ether oxygens (including phenoxy) is 1. The van der Waals surface area contributed by atoms with Gasteiger partial charge in [-0.3, -0.25) is 4.79 Å². The molecule has 26 heavy (non-hydrogen) atoms. The van der Waals surface area contributed by atoms with E-state index in [2.05, 4.69) is 25.6 Å². The van der Waals surface area contributed by atoms with E-state index < -0.39 is 11.9 Å². The lowest BCUT2D eigenvalue weighted by Crippen LogP contribution is -2.23. The van der Waals surface area contributed by atoms with Crippen molar-refractivity contribution in [3.8, 4) is 5.75 Å². The molecule has 10 heteroatoms. The number of carbonyl (C=O) groups excluding carboxylic acids is 1. The number of aromatic nitrogens is 4. The van der Waals surface area contributed by atoms with Crippen LogP contribution in [0.25, 0.3) is 0 Å². The lowest BCUT2D eigenvalue weighted by atomic mass is 10.3. The van der Waals surface area contributed by atoms with Crippen molar-refractivity contribution in [1.29, 1.82) is 0 Å². The fourth-order valence-electron chi connectivity index (χ4n) is 2.86. The highest BCUT2D eigenvalue weighted by atomic mass is 32.2. The van der Waals surface area contributed by atoms with Crippen LogP contribution in [-0.4, -0.2) is 38.0 Å². The average Bonchev–Trinajstić information content (AvgIpc) is 3.27. The van der Waals surface area contributed by atoms with Crippen LogP contribution in [0.5, 0.6) is 5.75 Å². The van der Waals surface area contributed by atoms with Crippen LogP contribution in [0.1, 0.15) is 38.6 Å². The van der Waals surface area contributed by atoms with E-state index in [4.69, 9.17) is 0 Å². The van der Waals surface area contributed by atoms with E-state index >= 15 is 0 Å². The number of rotatable bonds is 7. The number of halogens is 2. The number of benzene rings is 1. The van der Waals surface area contributed by atoms with Crippen LogP contribution in [0, 0.1) is 0 Å². The number of carbonyl (C=O) groups is 1. The summed E-state index contributed by atoms with van der Waals surface area (Å²) in [4.78, 5) is 12.5. The standard InChI is InChI=1S/C16H19F2N5O2S/c1-10(26-16-20-21-22-23(16)11-6-2-3-7-11)14(24)19-12-8-4-5-9-13(12)25-15(17)18/h4-5,8-11,15H,2-3,6-7H2,1H3,(H,19,24). The van der Waals surface area contributed by atoms with E-state index in [1.807, 2.05) is 0 Å². The Morgan fingerprint density at radius 3 is 2.81 bits per heavy atom. The van der Waals surface area contributed by atoms with Crippen LogP contribution in [0.4, 0.5) is 14.5 Å². The predicted octanol–water partition coefficient (Wildman–Crippen LogP) is 3.51. The number of para-hydroxylation sites is 2. The van der Waals surface area contributed by atoms with Crippen molar-refractivity contribution in [2.45, 2.75) is 55.7 Å². The first kappa shape index (κ1) is 18.6. The van der Waals surface area contributed by atoms with Gasteiger partial charge < -0.3 is 10.1 Å². The van der Waals surface area contributed by atoms with Crippen LogP contribution >= 0.6 is 11.8 Å². The van der Waals surface area contributed by atoms with Crippen molar-refractivity contribution in [3.05, 3.63) is 24.3 Å². The maximum absolute atomic E-state index is 12.5. The molecule has 140 valence electrons. The van der Waals surface area contributed by atoms with Crippen LogP contribution in [0.15, 0.2) is 29.4 Å². The first-order chi connectivity index (χ1) is 12.5. The largest absolute Gasteiger partial charge is 0.433 e. The average molecular weight is 383 g/mol. The Morgan fingerprint density at radius 2 is 2.08 bits per heavy atom. The molecular formula is C16H19F2N5O2S. The topological polar surface area (TPSA) is 81.9 Å². The van der Waals surface area contributed by atoms with Gasteiger partial charge >= 0.3 is 6.61 Å². The van der Waals surface area contributed by atoms with Crippen molar-refractivity contribution in [3.63, 3.8) is 0 Å². The number of nitrogens with zero attached hydrogens (tertiary/aromatic N) is 4. The SMILES string of the molecule is CC(Sc1nnnn1C1CCCC1)C(=O)Nc1ccccc1OC(F)F. The fourth-order valence-corrected chi connectivity index (χ4v) is 3.72. The van der Waals surface area contributed by atoms with E-state index in [1.165, 1.54) is 23.9 Å². The first-order valence-electron chi connectivity index (χ1n) is 8.34. The van der Waals surface area contributed by atoms with Gasteiger partial charge in [-0.1, -0.05) is 36.7 Å². The number of tetrazole rings is 1. The normalized spacial score (nSPS) is 16.0. The Kier molecular flexibility index (Phi) is 6.02. The molecule has 1 amide bonds. The molecule has 0 aliphatic heterocycles. The molecule has 1 aliphatic carbocycles. The summed E-state index contributed by atoms with van der Waals surface area (Å²) in [6.07, 6.45) is 4.34. The number of thioether (sulfide) groups is 1. The third kappa shape index (κ3) is 4.48. The summed E-state index contributed by atoms with van der Waals surface area (Å²) < 4.78 is 31.2. The Labute approximate surface area is 153 Å². The minimum absolute atomic E-state index is 0.0798. The third-order valence-corrected chi connectivity index (χ3v) is 5.19. The van der Waals surface area contributed by atoms with Gasteiger partial charge in [-0.2, -0.15) is 8.78 Å². The van der Waals surface area contributed by atoms with E-state index in [-0.39, 0.29) is 23.4 Å². The maximum atomic E-state index is 12.5. The summed E-state index contributed by atoms with van der Waals surface area (Å²) in [6.45, 7) is -1.25. The quantitative estimate of drug-likeness (QED) is 0.737. The van der Waals surface area contributed by atoms with Crippen LogP contribution in [0.2, 0.25) is 0 Å². The monoisotopic (exact) mass is 383 g/mol. The zero-order chi connectivity index (χ0) is 18.5. The number of anilines is 1. The summed E-state index contributed by atoms with van der Waals surface area (Å²) in [7, 11) is 0. The van der Waals surface area contributed by atoms with Crippen LogP contribution in [0.3, 0.4) is 0 Å². The minimum Gasteiger partial charge on any atom is -0.433 e. The highest BCUT2D eigenvalue weighted by molar-refractivity contribution is 8.00. The van der Waals surface area contributed by atoms with Gasteiger partial charge in [0.1, 0.15) is 5.75 Å². The van der Waals surface area contributed by atoms with Gasteiger partial charge in [0.2, 0.25) is 11.1 Å². The van der Waals surface area contributed by atoms with Crippen LogP contribution < -0.4 is 10.1 Å². The summed E-state index contributed by atoms with van der Waals surface area (Å²) in [5, 5.41) is 14.5. The van der Waals surface area contributed by atoms with Gasteiger partial charge in [-0.05, 0) is 42.3 Å². The number of hydrogen-bond acceptors (Lipinski definition) is 6. The molecule has 1 aromatic heterocycles. The highest BCUT2D eigenvalue weighted by Gasteiger charge is 2.25. The smallest absolute Gasteiger partial charge is 0.387 e. The summed E-state index contributed by atoms with van der Waals surface area (Å²) in [6, 6.07) is 6.34. The fraction of sp³-hybridized carbons (Fsp3) is 0.500. The molecule has 1 fully saturated rings. The number of alkyl halides is 2. The van der Waals surface area contributed by atoms with Gasteiger partial charge in [0.05, 0.1) is 17.0 Å². The molecule has 1 unspecified atom stereocenters. The lowest BCUT2D eigenvalue weighted by Gasteiger charge is -2.16. The third-order valence-electron chi connectivity index (χ3n) is 4.15. The molecule has 0 saturated heterocycles.